The summed E-state index contributed by atoms with van der Waals surface area (Å²) in [4.78, 5) is 66.1. The lowest BCUT2D eigenvalue weighted by Crippen LogP contribution is -2.54. The molecule has 4 rings (SSSR count). The maximum Gasteiger partial charge on any atom is 0.397 e. The second-order valence-electron chi connectivity index (χ2n) is 9.99. The maximum atomic E-state index is 13.3. The van der Waals surface area contributed by atoms with Crippen molar-refractivity contribution in [1.82, 2.24) is 15.1 Å². The van der Waals surface area contributed by atoms with Crippen LogP contribution in [0.1, 0.15) is 59.7 Å². The predicted molar refractivity (Wildman–Crippen MR) is 121 cm³/mol. The van der Waals surface area contributed by atoms with Gasteiger partial charge in [0.15, 0.2) is 0 Å². The molecule has 1 aromatic carbocycles. The van der Waals surface area contributed by atoms with E-state index in [1.807, 2.05) is 11.8 Å². The molecule has 3 heterocycles. The Kier molecular flexibility index (Phi) is 6.56. The average molecular weight is 508 g/mol. The van der Waals surface area contributed by atoms with Crippen LogP contribution in [0.25, 0.3) is 0 Å². The number of benzene rings is 1. The summed E-state index contributed by atoms with van der Waals surface area (Å²) in [6.45, 7) is 3.02. The van der Waals surface area contributed by atoms with Crippen LogP contribution in [0.4, 0.5) is 18.9 Å². The van der Waals surface area contributed by atoms with E-state index in [1.165, 1.54) is 13.1 Å². The Hall–Kier alpha value is -3.44. The molecule has 194 valence electrons. The Bertz CT molecular complexity index is 1130. The summed E-state index contributed by atoms with van der Waals surface area (Å²) in [6.07, 6.45) is -4.86. The molecule has 3 aliphatic heterocycles. The van der Waals surface area contributed by atoms with Crippen molar-refractivity contribution in [2.75, 3.05) is 31.6 Å². The van der Waals surface area contributed by atoms with E-state index in [-0.39, 0.29) is 30.5 Å². The first-order chi connectivity index (χ1) is 16.8. The van der Waals surface area contributed by atoms with Crippen molar-refractivity contribution >= 4 is 35.2 Å². The molecule has 1 N–H and O–H groups in total. The number of halogens is 3. The third kappa shape index (κ3) is 4.93. The highest BCUT2D eigenvalue weighted by Crippen LogP contribution is 2.39. The highest BCUT2D eigenvalue weighted by molar-refractivity contribution is 6.25. The van der Waals surface area contributed by atoms with E-state index in [1.54, 1.807) is 12.1 Å². The molecule has 36 heavy (non-hydrogen) atoms. The van der Waals surface area contributed by atoms with Crippen LogP contribution in [0.2, 0.25) is 0 Å². The zero-order chi connectivity index (χ0) is 26.4. The summed E-state index contributed by atoms with van der Waals surface area (Å²) in [6, 6.07) is 3.85. The van der Waals surface area contributed by atoms with E-state index in [0.717, 1.165) is 9.80 Å². The van der Waals surface area contributed by atoms with E-state index in [0.29, 0.717) is 31.6 Å². The van der Waals surface area contributed by atoms with Crippen LogP contribution in [0.5, 0.6) is 0 Å². The van der Waals surface area contributed by atoms with Gasteiger partial charge in [0.25, 0.3) is 11.8 Å². The molecule has 9 nitrogen and oxygen atoms in total. The number of nitrogens with one attached hydrogen (secondary N) is 1. The molecule has 0 bridgehead atoms. The minimum Gasteiger partial charge on any atom is -0.371 e. The number of amides is 5. The highest BCUT2D eigenvalue weighted by atomic mass is 19.4. The third-order valence-electron chi connectivity index (χ3n) is 7.15. The van der Waals surface area contributed by atoms with E-state index in [2.05, 4.69) is 5.32 Å². The Morgan fingerprint density at radius 1 is 1.14 bits per heavy atom. The Morgan fingerprint density at radius 2 is 1.81 bits per heavy atom. The van der Waals surface area contributed by atoms with Crippen molar-refractivity contribution in [1.29, 1.82) is 0 Å². The van der Waals surface area contributed by atoms with Crippen LogP contribution >= 0.6 is 0 Å². The zero-order valence-corrected chi connectivity index (χ0v) is 20.0. The summed E-state index contributed by atoms with van der Waals surface area (Å²) >= 11 is 0. The standard InChI is InChI=1S/C24H27F3N4O5/c1-23(13-29(2)18(33)12-24(25,26)27)8-10-30(11-9-23)15-5-3-4-14-19(15)22(36)31(21(14)35)16-6-7-17(32)28-20(16)34/h3-5,16H,6-13H2,1-2H3,(H,28,32,34). The highest BCUT2D eigenvalue weighted by Gasteiger charge is 2.46. The van der Waals surface area contributed by atoms with Gasteiger partial charge in [-0.3, -0.25) is 34.2 Å². The summed E-state index contributed by atoms with van der Waals surface area (Å²) in [7, 11) is 1.36. The molecule has 12 heteroatoms. The summed E-state index contributed by atoms with van der Waals surface area (Å²) < 4.78 is 37.8. The molecule has 0 aromatic heterocycles. The molecule has 1 unspecified atom stereocenters. The monoisotopic (exact) mass is 508 g/mol. The number of imide groups is 2. The van der Waals surface area contributed by atoms with Crippen LogP contribution in [0.3, 0.4) is 0 Å². The van der Waals surface area contributed by atoms with Crippen molar-refractivity contribution in [2.24, 2.45) is 5.41 Å². The van der Waals surface area contributed by atoms with Gasteiger partial charge in [0, 0.05) is 33.1 Å². The van der Waals surface area contributed by atoms with Crippen molar-refractivity contribution in [3.8, 4) is 0 Å². The normalized spacial score (nSPS) is 22.0. The van der Waals surface area contributed by atoms with E-state index in [4.69, 9.17) is 0 Å². The second-order valence-corrected chi connectivity index (χ2v) is 9.99. The van der Waals surface area contributed by atoms with Crippen LogP contribution in [-0.2, 0) is 14.4 Å². The number of rotatable bonds is 5. The predicted octanol–water partition coefficient (Wildman–Crippen LogP) is 2.11. The van der Waals surface area contributed by atoms with E-state index in [9.17, 15) is 37.1 Å². The van der Waals surface area contributed by atoms with E-state index < -0.39 is 53.6 Å². The van der Waals surface area contributed by atoms with Gasteiger partial charge in [-0.25, -0.2) is 0 Å². The summed E-state index contributed by atoms with van der Waals surface area (Å²) in [5, 5.41) is 2.17. The number of carbonyl (C=O) groups excluding carboxylic acids is 5. The number of fused-ring (bicyclic) bond motifs is 1. The minimum atomic E-state index is -4.56. The molecule has 3 aliphatic rings. The van der Waals surface area contributed by atoms with Gasteiger partial charge in [-0.2, -0.15) is 13.2 Å². The molecular weight excluding hydrogens is 481 g/mol. The molecule has 5 amide bonds. The van der Waals surface area contributed by atoms with Crippen molar-refractivity contribution in [3.05, 3.63) is 29.3 Å². The fourth-order valence-electron chi connectivity index (χ4n) is 5.17. The molecule has 2 fully saturated rings. The molecule has 0 saturated carbocycles. The molecule has 2 saturated heterocycles. The largest absolute Gasteiger partial charge is 0.397 e. The van der Waals surface area contributed by atoms with Gasteiger partial charge in [0.2, 0.25) is 17.7 Å². The maximum absolute atomic E-state index is 13.3. The quantitative estimate of drug-likeness (QED) is 0.611. The van der Waals surface area contributed by atoms with Gasteiger partial charge in [-0.1, -0.05) is 13.0 Å². The lowest BCUT2D eigenvalue weighted by atomic mass is 9.79. The van der Waals surface area contributed by atoms with Crippen LogP contribution < -0.4 is 10.2 Å². The van der Waals surface area contributed by atoms with Gasteiger partial charge < -0.3 is 9.80 Å². The molecular formula is C24H27F3N4O5. The van der Waals surface area contributed by atoms with Gasteiger partial charge in [0.1, 0.15) is 12.5 Å². The smallest absolute Gasteiger partial charge is 0.371 e. The summed E-state index contributed by atoms with van der Waals surface area (Å²) in [5.41, 5.74) is 0.522. The number of piperidine rings is 2. The molecule has 1 atom stereocenters. The second kappa shape index (κ2) is 9.21. The van der Waals surface area contributed by atoms with Gasteiger partial charge >= 0.3 is 6.18 Å². The Morgan fingerprint density at radius 3 is 2.42 bits per heavy atom. The first-order valence-corrected chi connectivity index (χ1v) is 11.7. The fraction of sp³-hybridized carbons (Fsp3) is 0.542. The number of carbonyl (C=O) groups is 5. The molecule has 0 aliphatic carbocycles. The lowest BCUT2D eigenvalue weighted by molar-refractivity contribution is -0.161. The van der Waals surface area contributed by atoms with Gasteiger partial charge in [-0.05, 0) is 36.8 Å². The fourth-order valence-corrected chi connectivity index (χ4v) is 5.17. The van der Waals surface area contributed by atoms with Crippen molar-refractivity contribution in [3.63, 3.8) is 0 Å². The number of hydrogen-bond donors (Lipinski definition) is 1. The summed E-state index contributed by atoms with van der Waals surface area (Å²) in [5.74, 6) is -3.29. The van der Waals surface area contributed by atoms with Gasteiger partial charge in [-0.15, -0.1) is 0 Å². The number of alkyl halides is 3. The topological polar surface area (TPSA) is 107 Å². The first kappa shape index (κ1) is 25.6. The number of nitrogens with zero attached hydrogens (tertiary/aromatic N) is 3. The average Bonchev–Trinajstić information content (AvgIpc) is 3.03. The van der Waals surface area contributed by atoms with Crippen LogP contribution in [-0.4, -0.2) is 78.2 Å². The van der Waals surface area contributed by atoms with Crippen LogP contribution in [0.15, 0.2) is 18.2 Å². The lowest BCUT2D eigenvalue weighted by Gasteiger charge is -2.42. The van der Waals surface area contributed by atoms with E-state index >= 15 is 0 Å². The number of anilines is 1. The molecule has 1 aromatic rings. The first-order valence-electron chi connectivity index (χ1n) is 11.7. The third-order valence-corrected chi connectivity index (χ3v) is 7.15. The minimum absolute atomic E-state index is 0.0291. The van der Waals surface area contributed by atoms with Crippen LogP contribution in [0, 0.1) is 5.41 Å². The number of hydrogen-bond acceptors (Lipinski definition) is 6. The van der Waals surface area contributed by atoms with Gasteiger partial charge in [0.05, 0.1) is 16.8 Å². The molecule has 0 spiro atoms. The van der Waals surface area contributed by atoms with Crippen molar-refractivity contribution in [2.45, 2.75) is 51.2 Å². The zero-order valence-electron chi connectivity index (χ0n) is 20.0. The molecule has 0 radical (unpaired) electrons. The SMILES string of the molecule is CN(CC1(C)CCN(c2cccc3c2C(=O)N(C2CCC(=O)NC2=O)C3=O)CC1)C(=O)CC(F)(F)F. The van der Waals surface area contributed by atoms with Crippen molar-refractivity contribution < 1.29 is 37.1 Å². The Balaban J connectivity index is 1.47. The Labute approximate surface area is 205 Å².